The van der Waals surface area contributed by atoms with Gasteiger partial charge in [0.2, 0.25) is 0 Å². The van der Waals surface area contributed by atoms with E-state index in [4.69, 9.17) is 4.98 Å². The summed E-state index contributed by atoms with van der Waals surface area (Å²) in [6.07, 6.45) is 0. The lowest BCUT2D eigenvalue weighted by Crippen LogP contribution is -2.31. The van der Waals surface area contributed by atoms with Gasteiger partial charge in [-0.3, -0.25) is 4.79 Å². The van der Waals surface area contributed by atoms with Gasteiger partial charge in [-0.15, -0.1) is 0 Å². The van der Waals surface area contributed by atoms with Gasteiger partial charge in [0, 0.05) is 30.3 Å². The minimum absolute atomic E-state index is 0.197. The molecule has 2 aromatic carbocycles. The van der Waals surface area contributed by atoms with Gasteiger partial charge in [0.1, 0.15) is 0 Å². The quantitative estimate of drug-likeness (QED) is 0.553. The van der Waals surface area contributed by atoms with Crippen molar-refractivity contribution in [1.82, 2.24) is 24.8 Å². The maximum Gasteiger partial charge on any atom is 0.271 e. The van der Waals surface area contributed by atoms with Crippen molar-refractivity contribution in [2.24, 2.45) is 0 Å². The number of hydrogen-bond donors (Lipinski definition) is 1. The van der Waals surface area contributed by atoms with Crippen molar-refractivity contribution in [3.63, 3.8) is 0 Å². The van der Waals surface area contributed by atoms with E-state index in [9.17, 15) is 4.79 Å². The van der Waals surface area contributed by atoms with E-state index in [0.29, 0.717) is 17.9 Å². The van der Waals surface area contributed by atoms with Gasteiger partial charge in [-0.05, 0) is 20.2 Å². The van der Waals surface area contributed by atoms with Crippen LogP contribution >= 0.6 is 0 Å². The zero-order valence-electron chi connectivity index (χ0n) is 16.5. The molecule has 0 saturated heterocycles. The summed E-state index contributed by atoms with van der Waals surface area (Å²) < 4.78 is 1.74. The summed E-state index contributed by atoms with van der Waals surface area (Å²) in [7, 11) is 3.94. The summed E-state index contributed by atoms with van der Waals surface area (Å²) >= 11 is 0. The van der Waals surface area contributed by atoms with E-state index in [0.717, 1.165) is 29.1 Å². The molecule has 0 spiro atoms. The monoisotopic (exact) mass is 385 g/mol. The highest BCUT2D eigenvalue weighted by molar-refractivity contribution is 5.93. The van der Waals surface area contributed by atoms with Crippen LogP contribution in [0.25, 0.3) is 28.2 Å². The van der Waals surface area contributed by atoms with Gasteiger partial charge in [0.25, 0.3) is 5.91 Å². The molecule has 2 aromatic heterocycles. The molecule has 146 valence electrons. The third-order valence-electron chi connectivity index (χ3n) is 4.64. The topological polar surface area (TPSA) is 62.5 Å². The van der Waals surface area contributed by atoms with Gasteiger partial charge in [-0.2, -0.15) is 5.10 Å². The van der Waals surface area contributed by atoms with Gasteiger partial charge in [-0.25, -0.2) is 9.50 Å². The Morgan fingerprint density at radius 2 is 1.62 bits per heavy atom. The Hall–Kier alpha value is -3.51. The summed E-state index contributed by atoms with van der Waals surface area (Å²) in [5, 5.41) is 7.46. The van der Waals surface area contributed by atoms with Crippen LogP contribution in [0.2, 0.25) is 0 Å². The first-order valence-corrected chi connectivity index (χ1v) is 9.56. The summed E-state index contributed by atoms with van der Waals surface area (Å²) in [5.74, 6) is -0.197. The summed E-state index contributed by atoms with van der Waals surface area (Å²) in [5.41, 5.74) is 4.77. The largest absolute Gasteiger partial charge is 0.349 e. The minimum Gasteiger partial charge on any atom is -0.349 e. The van der Waals surface area contributed by atoms with E-state index >= 15 is 0 Å². The second-order valence-electron chi connectivity index (χ2n) is 7.12. The lowest BCUT2D eigenvalue weighted by atomic mass is 10.1. The molecule has 0 aliphatic carbocycles. The molecule has 0 radical (unpaired) electrons. The van der Waals surface area contributed by atoms with E-state index < -0.39 is 0 Å². The zero-order chi connectivity index (χ0) is 20.2. The molecule has 6 nitrogen and oxygen atoms in total. The minimum atomic E-state index is -0.197. The molecule has 29 heavy (non-hydrogen) atoms. The SMILES string of the molecule is CN(C)CCNC(=O)c1cc2nc(-c3ccccc3)cc(-c3ccccc3)n2n1. The fourth-order valence-corrected chi connectivity index (χ4v) is 3.14. The van der Waals surface area contributed by atoms with Gasteiger partial charge < -0.3 is 10.2 Å². The average Bonchev–Trinajstić information content (AvgIpc) is 3.18. The number of fused-ring (bicyclic) bond motifs is 1. The molecule has 2 heterocycles. The van der Waals surface area contributed by atoms with Gasteiger partial charge in [0.05, 0.1) is 11.4 Å². The van der Waals surface area contributed by atoms with Gasteiger partial charge in [0.15, 0.2) is 11.3 Å². The number of rotatable bonds is 6. The number of benzene rings is 2. The summed E-state index contributed by atoms with van der Waals surface area (Å²) in [6.45, 7) is 1.33. The molecule has 0 unspecified atom stereocenters. The van der Waals surface area contributed by atoms with Crippen LogP contribution in [0.15, 0.2) is 72.8 Å². The Bertz CT molecular complexity index is 1120. The van der Waals surface area contributed by atoms with Crippen LogP contribution in [0.5, 0.6) is 0 Å². The molecule has 1 N–H and O–H groups in total. The van der Waals surface area contributed by atoms with Gasteiger partial charge in [-0.1, -0.05) is 60.7 Å². The van der Waals surface area contributed by atoms with Crippen molar-refractivity contribution >= 4 is 11.6 Å². The first kappa shape index (κ1) is 18.8. The van der Waals surface area contributed by atoms with Crippen LogP contribution in [-0.4, -0.2) is 52.6 Å². The number of nitrogens with zero attached hydrogens (tertiary/aromatic N) is 4. The predicted molar refractivity (Wildman–Crippen MR) is 115 cm³/mol. The third-order valence-corrected chi connectivity index (χ3v) is 4.64. The van der Waals surface area contributed by atoms with Crippen LogP contribution in [-0.2, 0) is 0 Å². The molecule has 0 saturated carbocycles. The van der Waals surface area contributed by atoms with Crippen molar-refractivity contribution < 1.29 is 4.79 Å². The second kappa shape index (κ2) is 8.24. The highest BCUT2D eigenvalue weighted by Gasteiger charge is 2.16. The highest BCUT2D eigenvalue weighted by atomic mass is 16.1. The molecule has 4 rings (SSSR count). The van der Waals surface area contributed by atoms with Gasteiger partial charge >= 0.3 is 0 Å². The summed E-state index contributed by atoms with van der Waals surface area (Å²) in [4.78, 5) is 19.3. The van der Waals surface area contributed by atoms with Crippen molar-refractivity contribution in [2.75, 3.05) is 27.2 Å². The number of carbonyl (C=O) groups excluding carboxylic acids is 1. The van der Waals surface area contributed by atoms with E-state index in [-0.39, 0.29) is 5.91 Å². The first-order valence-electron chi connectivity index (χ1n) is 9.56. The Morgan fingerprint density at radius 3 is 2.28 bits per heavy atom. The molecule has 0 fully saturated rings. The standard InChI is InChI=1S/C23H23N5O/c1-27(2)14-13-24-23(29)20-16-22-25-19(17-9-5-3-6-10-17)15-21(28(22)26-20)18-11-7-4-8-12-18/h3-12,15-16H,13-14H2,1-2H3,(H,24,29). The van der Waals surface area contributed by atoms with Crippen LogP contribution in [0.4, 0.5) is 0 Å². The Kier molecular flexibility index (Phi) is 5.35. The lowest BCUT2D eigenvalue weighted by molar-refractivity contribution is 0.0946. The molecular weight excluding hydrogens is 362 g/mol. The third kappa shape index (κ3) is 4.17. The molecule has 0 aliphatic heterocycles. The lowest BCUT2D eigenvalue weighted by Gasteiger charge is -2.09. The Labute approximate surface area is 169 Å². The van der Waals surface area contributed by atoms with Crippen molar-refractivity contribution in [3.8, 4) is 22.5 Å². The molecule has 4 aromatic rings. The normalized spacial score (nSPS) is 11.1. The zero-order valence-corrected chi connectivity index (χ0v) is 16.5. The average molecular weight is 385 g/mol. The van der Waals surface area contributed by atoms with Crippen LogP contribution in [0.3, 0.4) is 0 Å². The molecule has 0 atom stereocenters. The number of nitrogens with one attached hydrogen (secondary N) is 1. The highest BCUT2D eigenvalue weighted by Crippen LogP contribution is 2.26. The number of likely N-dealkylation sites (N-methyl/N-ethyl adjacent to an activating group) is 1. The maximum absolute atomic E-state index is 12.6. The number of aromatic nitrogens is 3. The Balaban J connectivity index is 1.78. The van der Waals surface area contributed by atoms with Crippen LogP contribution in [0, 0.1) is 0 Å². The fourth-order valence-electron chi connectivity index (χ4n) is 3.14. The maximum atomic E-state index is 12.6. The molecule has 0 bridgehead atoms. The predicted octanol–water partition coefficient (Wildman–Crippen LogP) is 3.35. The number of carbonyl (C=O) groups is 1. The molecule has 1 amide bonds. The summed E-state index contributed by atoms with van der Waals surface area (Å²) in [6, 6.07) is 23.8. The second-order valence-corrected chi connectivity index (χ2v) is 7.12. The smallest absolute Gasteiger partial charge is 0.271 e. The van der Waals surface area contributed by atoms with Crippen LogP contribution in [0.1, 0.15) is 10.5 Å². The Morgan fingerprint density at radius 1 is 0.966 bits per heavy atom. The fraction of sp³-hybridized carbons (Fsp3) is 0.174. The number of hydrogen-bond acceptors (Lipinski definition) is 4. The van der Waals surface area contributed by atoms with E-state index in [1.54, 1.807) is 10.6 Å². The molecule has 0 aliphatic rings. The van der Waals surface area contributed by atoms with Crippen molar-refractivity contribution in [2.45, 2.75) is 0 Å². The first-order chi connectivity index (χ1) is 14.1. The van der Waals surface area contributed by atoms with E-state index in [1.807, 2.05) is 85.7 Å². The van der Waals surface area contributed by atoms with Crippen molar-refractivity contribution in [1.29, 1.82) is 0 Å². The van der Waals surface area contributed by atoms with E-state index in [2.05, 4.69) is 10.4 Å². The van der Waals surface area contributed by atoms with Crippen LogP contribution < -0.4 is 5.32 Å². The van der Waals surface area contributed by atoms with Crippen molar-refractivity contribution in [3.05, 3.63) is 78.5 Å². The van der Waals surface area contributed by atoms with E-state index in [1.165, 1.54) is 0 Å². The molecular formula is C23H23N5O. The molecule has 6 heteroatoms. The number of amides is 1.